The standard InChI is InChI=1S/C12H13FO4/c1-2-16-11(14)6-7-12(15)17-10-5-3-4-9(13)8-10/h3-5,8H,2,6-7H2,1H3. The molecule has 0 atom stereocenters. The Balaban J connectivity index is 2.37. The van der Waals surface area contributed by atoms with Crippen molar-refractivity contribution >= 4 is 11.9 Å². The van der Waals surface area contributed by atoms with Crippen molar-refractivity contribution in [2.24, 2.45) is 0 Å². The molecule has 4 nitrogen and oxygen atoms in total. The van der Waals surface area contributed by atoms with E-state index in [-0.39, 0.29) is 25.2 Å². The van der Waals surface area contributed by atoms with E-state index in [9.17, 15) is 14.0 Å². The van der Waals surface area contributed by atoms with Crippen LogP contribution in [0.4, 0.5) is 4.39 Å². The molecule has 0 saturated heterocycles. The summed E-state index contributed by atoms with van der Waals surface area (Å²) in [5.41, 5.74) is 0. The fourth-order valence-electron chi connectivity index (χ4n) is 1.15. The van der Waals surface area contributed by atoms with Gasteiger partial charge in [-0.25, -0.2) is 4.39 Å². The molecule has 0 aliphatic carbocycles. The van der Waals surface area contributed by atoms with Gasteiger partial charge < -0.3 is 9.47 Å². The second kappa shape index (κ2) is 6.62. The SMILES string of the molecule is CCOC(=O)CCC(=O)Oc1cccc(F)c1. The quantitative estimate of drug-likeness (QED) is 0.584. The van der Waals surface area contributed by atoms with Crippen LogP contribution in [0.1, 0.15) is 19.8 Å². The Hall–Kier alpha value is -1.91. The average Bonchev–Trinajstić information content (AvgIpc) is 2.27. The van der Waals surface area contributed by atoms with E-state index in [1.165, 1.54) is 18.2 Å². The summed E-state index contributed by atoms with van der Waals surface area (Å²) in [7, 11) is 0. The zero-order valence-electron chi connectivity index (χ0n) is 9.44. The Morgan fingerprint density at radius 2 is 1.94 bits per heavy atom. The minimum absolute atomic E-state index is 0.0397. The van der Waals surface area contributed by atoms with Crippen molar-refractivity contribution in [3.8, 4) is 5.75 Å². The van der Waals surface area contributed by atoms with E-state index in [1.54, 1.807) is 6.92 Å². The van der Waals surface area contributed by atoms with E-state index in [0.717, 1.165) is 6.07 Å². The summed E-state index contributed by atoms with van der Waals surface area (Å²) in [6.07, 6.45) is -0.128. The van der Waals surface area contributed by atoms with Gasteiger partial charge in [0.1, 0.15) is 11.6 Å². The maximum absolute atomic E-state index is 12.8. The monoisotopic (exact) mass is 240 g/mol. The minimum Gasteiger partial charge on any atom is -0.466 e. The molecule has 1 aromatic carbocycles. The highest BCUT2D eigenvalue weighted by atomic mass is 19.1. The summed E-state index contributed by atoms with van der Waals surface area (Å²) < 4.78 is 22.3. The van der Waals surface area contributed by atoms with Crippen LogP contribution in [-0.2, 0) is 14.3 Å². The fraction of sp³-hybridized carbons (Fsp3) is 0.333. The number of rotatable bonds is 5. The Kier molecular flexibility index (Phi) is 5.13. The number of hydrogen-bond acceptors (Lipinski definition) is 4. The second-order valence-corrected chi connectivity index (χ2v) is 3.24. The van der Waals surface area contributed by atoms with Crippen LogP contribution in [0.2, 0.25) is 0 Å². The number of ether oxygens (including phenoxy) is 2. The molecule has 0 aromatic heterocycles. The molecule has 1 rings (SSSR count). The number of hydrogen-bond donors (Lipinski definition) is 0. The van der Waals surface area contributed by atoms with Crippen molar-refractivity contribution in [1.82, 2.24) is 0 Å². The molecular weight excluding hydrogens is 227 g/mol. The Morgan fingerprint density at radius 3 is 2.59 bits per heavy atom. The van der Waals surface area contributed by atoms with Gasteiger partial charge >= 0.3 is 11.9 Å². The van der Waals surface area contributed by atoms with Crippen molar-refractivity contribution < 1.29 is 23.5 Å². The Labute approximate surface area is 98.3 Å². The first kappa shape index (κ1) is 13.2. The molecule has 0 fully saturated rings. The fourth-order valence-corrected chi connectivity index (χ4v) is 1.15. The van der Waals surface area contributed by atoms with Gasteiger partial charge in [-0.3, -0.25) is 9.59 Å². The molecule has 0 amide bonds. The molecule has 5 heteroatoms. The van der Waals surface area contributed by atoms with Crippen molar-refractivity contribution in [3.63, 3.8) is 0 Å². The molecule has 0 aliphatic heterocycles. The van der Waals surface area contributed by atoms with Gasteiger partial charge in [0.15, 0.2) is 0 Å². The lowest BCUT2D eigenvalue weighted by Crippen LogP contribution is -2.12. The van der Waals surface area contributed by atoms with Crippen molar-refractivity contribution in [2.45, 2.75) is 19.8 Å². The molecule has 0 aliphatic rings. The highest BCUT2D eigenvalue weighted by Gasteiger charge is 2.09. The molecule has 0 heterocycles. The summed E-state index contributed by atoms with van der Waals surface area (Å²) in [4.78, 5) is 22.2. The molecule has 0 N–H and O–H groups in total. The first-order valence-electron chi connectivity index (χ1n) is 5.23. The minimum atomic E-state index is -0.594. The maximum Gasteiger partial charge on any atom is 0.311 e. The third-order valence-electron chi connectivity index (χ3n) is 1.87. The summed E-state index contributed by atoms with van der Waals surface area (Å²) in [6.45, 7) is 1.96. The van der Waals surface area contributed by atoms with Gasteiger partial charge in [-0.2, -0.15) is 0 Å². The molecule has 1 aromatic rings. The number of benzene rings is 1. The first-order chi connectivity index (χ1) is 8.11. The van der Waals surface area contributed by atoms with E-state index in [4.69, 9.17) is 4.74 Å². The molecule has 92 valence electrons. The van der Waals surface area contributed by atoms with Gasteiger partial charge in [0.05, 0.1) is 19.4 Å². The average molecular weight is 240 g/mol. The lowest BCUT2D eigenvalue weighted by atomic mass is 10.3. The van der Waals surface area contributed by atoms with Crippen molar-refractivity contribution in [3.05, 3.63) is 30.1 Å². The lowest BCUT2D eigenvalue weighted by molar-refractivity contribution is -0.146. The predicted octanol–water partition coefficient (Wildman–Crippen LogP) is 2.07. The van der Waals surface area contributed by atoms with Crippen LogP contribution >= 0.6 is 0 Å². The van der Waals surface area contributed by atoms with Crippen molar-refractivity contribution in [1.29, 1.82) is 0 Å². The molecule has 0 bridgehead atoms. The van der Waals surface area contributed by atoms with Crippen LogP contribution in [-0.4, -0.2) is 18.5 Å². The largest absolute Gasteiger partial charge is 0.466 e. The number of carbonyl (C=O) groups is 2. The van der Waals surface area contributed by atoms with E-state index in [2.05, 4.69) is 4.74 Å². The molecule has 17 heavy (non-hydrogen) atoms. The smallest absolute Gasteiger partial charge is 0.311 e. The topological polar surface area (TPSA) is 52.6 Å². The summed E-state index contributed by atoms with van der Waals surface area (Å²) in [5, 5.41) is 0. The summed E-state index contributed by atoms with van der Waals surface area (Å²) in [5.74, 6) is -1.41. The van der Waals surface area contributed by atoms with Crippen LogP contribution in [0, 0.1) is 5.82 Å². The lowest BCUT2D eigenvalue weighted by Gasteiger charge is -2.04. The molecule has 0 spiro atoms. The normalized spacial score (nSPS) is 9.76. The Morgan fingerprint density at radius 1 is 1.24 bits per heavy atom. The van der Waals surface area contributed by atoms with E-state index >= 15 is 0 Å². The number of carbonyl (C=O) groups excluding carboxylic acids is 2. The van der Waals surface area contributed by atoms with Crippen LogP contribution in [0.5, 0.6) is 5.75 Å². The van der Waals surface area contributed by atoms with Gasteiger partial charge in [-0.15, -0.1) is 0 Å². The summed E-state index contributed by atoms with van der Waals surface area (Å²) >= 11 is 0. The molecule has 0 radical (unpaired) electrons. The van der Waals surface area contributed by atoms with Crippen LogP contribution in [0.3, 0.4) is 0 Å². The molecular formula is C12H13FO4. The van der Waals surface area contributed by atoms with Gasteiger partial charge in [-0.1, -0.05) is 6.07 Å². The highest BCUT2D eigenvalue weighted by molar-refractivity contribution is 5.78. The maximum atomic E-state index is 12.8. The van der Waals surface area contributed by atoms with Crippen molar-refractivity contribution in [2.75, 3.05) is 6.61 Å². The zero-order valence-corrected chi connectivity index (χ0v) is 9.44. The number of esters is 2. The first-order valence-corrected chi connectivity index (χ1v) is 5.23. The molecule has 0 unspecified atom stereocenters. The van der Waals surface area contributed by atoms with Gasteiger partial charge in [-0.05, 0) is 19.1 Å². The highest BCUT2D eigenvalue weighted by Crippen LogP contribution is 2.12. The molecule has 0 saturated carbocycles. The summed E-state index contributed by atoms with van der Waals surface area (Å²) in [6, 6.07) is 5.24. The van der Waals surface area contributed by atoms with Crippen LogP contribution < -0.4 is 4.74 Å². The van der Waals surface area contributed by atoms with Crippen LogP contribution in [0.25, 0.3) is 0 Å². The predicted molar refractivity (Wildman–Crippen MR) is 57.9 cm³/mol. The Bertz CT molecular complexity index is 403. The zero-order chi connectivity index (χ0) is 12.7. The second-order valence-electron chi connectivity index (χ2n) is 3.24. The third kappa shape index (κ3) is 5.10. The third-order valence-corrected chi connectivity index (χ3v) is 1.87. The van der Waals surface area contributed by atoms with Crippen LogP contribution in [0.15, 0.2) is 24.3 Å². The van der Waals surface area contributed by atoms with Gasteiger partial charge in [0.25, 0.3) is 0 Å². The number of halogens is 1. The van der Waals surface area contributed by atoms with Gasteiger partial charge in [0, 0.05) is 6.07 Å². The van der Waals surface area contributed by atoms with E-state index in [0.29, 0.717) is 0 Å². The van der Waals surface area contributed by atoms with Gasteiger partial charge in [0.2, 0.25) is 0 Å². The van der Waals surface area contributed by atoms with E-state index < -0.39 is 17.8 Å². The van der Waals surface area contributed by atoms with E-state index in [1.807, 2.05) is 0 Å².